The standard InChI is InChI=1S/C14H13N3O2S/c15-13(18)9-5-7-10(8-6-9)16-14(19)17-11-3-1-2-4-12(11)20/h1-8,20H,(H2,15,18)(H2,16,17,19). The molecule has 2 rings (SSSR count). The van der Waals surface area contributed by atoms with Crippen LogP contribution in [0.3, 0.4) is 0 Å². The van der Waals surface area contributed by atoms with Crippen molar-refractivity contribution < 1.29 is 9.59 Å². The third-order valence-corrected chi connectivity index (χ3v) is 2.97. The zero-order valence-electron chi connectivity index (χ0n) is 10.5. The maximum absolute atomic E-state index is 11.8. The summed E-state index contributed by atoms with van der Waals surface area (Å²) in [5.74, 6) is -0.509. The van der Waals surface area contributed by atoms with Gasteiger partial charge in [0.05, 0.1) is 5.69 Å². The first-order valence-corrected chi connectivity index (χ1v) is 6.27. The number of primary amides is 1. The van der Waals surface area contributed by atoms with E-state index in [1.807, 2.05) is 6.07 Å². The van der Waals surface area contributed by atoms with Crippen molar-refractivity contribution in [1.82, 2.24) is 0 Å². The Bertz CT molecular complexity index is 641. The molecule has 0 spiro atoms. The van der Waals surface area contributed by atoms with Crippen LogP contribution in [0.2, 0.25) is 0 Å². The molecule has 0 bridgehead atoms. The maximum Gasteiger partial charge on any atom is 0.323 e. The van der Waals surface area contributed by atoms with Gasteiger partial charge in [-0.05, 0) is 36.4 Å². The fraction of sp³-hybridized carbons (Fsp3) is 0. The topological polar surface area (TPSA) is 84.2 Å². The average molecular weight is 287 g/mol. The fourth-order valence-electron chi connectivity index (χ4n) is 1.58. The lowest BCUT2D eigenvalue weighted by atomic mass is 10.2. The molecule has 2 aromatic rings. The molecule has 0 saturated heterocycles. The zero-order valence-corrected chi connectivity index (χ0v) is 11.4. The number of carbonyl (C=O) groups excluding carboxylic acids is 2. The van der Waals surface area contributed by atoms with Crippen LogP contribution in [-0.4, -0.2) is 11.9 Å². The number of benzene rings is 2. The van der Waals surface area contributed by atoms with Crippen LogP contribution < -0.4 is 16.4 Å². The van der Waals surface area contributed by atoms with Gasteiger partial charge in [0.15, 0.2) is 0 Å². The predicted molar refractivity (Wildman–Crippen MR) is 81.3 cm³/mol. The van der Waals surface area contributed by atoms with E-state index in [0.717, 1.165) is 0 Å². The van der Waals surface area contributed by atoms with E-state index in [1.54, 1.807) is 42.5 Å². The number of nitrogens with one attached hydrogen (secondary N) is 2. The van der Waals surface area contributed by atoms with Crippen molar-refractivity contribution >= 4 is 35.9 Å². The number of amides is 3. The van der Waals surface area contributed by atoms with Crippen molar-refractivity contribution in [2.75, 3.05) is 10.6 Å². The van der Waals surface area contributed by atoms with Crippen molar-refractivity contribution in [3.63, 3.8) is 0 Å². The number of anilines is 2. The molecule has 5 nitrogen and oxygen atoms in total. The Balaban J connectivity index is 2.01. The molecule has 20 heavy (non-hydrogen) atoms. The molecule has 0 unspecified atom stereocenters. The average Bonchev–Trinajstić information content (AvgIpc) is 2.42. The molecule has 2 aromatic carbocycles. The molecular formula is C14H13N3O2S. The van der Waals surface area contributed by atoms with Gasteiger partial charge in [-0.15, -0.1) is 12.6 Å². The van der Waals surface area contributed by atoms with E-state index in [2.05, 4.69) is 23.3 Å². The van der Waals surface area contributed by atoms with Crippen molar-refractivity contribution in [1.29, 1.82) is 0 Å². The lowest BCUT2D eigenvalue weighted by Gasteiger charge is -2.09. The first kappa shape index (κ1) is 14.0. The Kier molecular flexibility index (Phi) is 4.27. The van der Waals surface area contributed by atoms with Crippen molar-refractivity contribution in [2.45, 2.75) is 4.90 Å². The van der Waals surface area contributed by atoms with Crippen LogP contribution in [0.1, 0.15) is 10.4 Å². The Morgan fingerprint density at radius 1 is 0.950 bits per heavy atom. The third kappa shape index (κ3) is 3.52. The fourth-order valence-corrected chi connectivity index (χ4v) is 1.80. The van der Waals surface area contributed by atoms with E-state index in [9.17, 15) is 9.59 Å². The highest BCUT2D eigenvalue weighted by Gasteiger charge is 2.05. The molecule has 6 heteroatoms. The van der Waals surface area contributed by atoms with Gasteiger partial charge in [-0.2, -0.15) is 0 Å². The summed E-state index contributed by atoms with van der Waals surface area (Å²) in [7, 11) is 0. The number of nitrogens with two attached hydrogens (primary N) is 1. The smallest absolute Gasteiger partial charge is 0.323 e. The van der Waals surface area contributed by atoms with E-state index in [0.29, 0.717) is 21.8 Å². The predicted octanol–water partition coefficient (Wildman–Crippen LogP) is 2.72. The van der Waals surface area contributed by atoms with Gasteiger partial charge in [-0.1, -0.05) is 12.1 Å². The minimum Gasteiger partial charge on any atom is -0.366 e. The molecule has 0 radical (unpaired) electrons. The number of hydrogen-bond acceptors (Lipinski definition) is 3. The Morgan fingerprint density at radius 3 is 2.20 bits per heavy atom. The largest absolute Gasteiger partial charge is 0.366 e. The second-order valence-corrected chi connectivity index (χ2v) is 4.52. The molecule has 0 fully saturated rings. The highest BCUT2D eigenvalue weighted by molar-refractivity contribution is 7.80. The highest BCUT2D eigenvalue weighted by atomic mass is 32.1. The SMILES string of the molecule is NC(=O)c1ccc(NC(=O)Nc2ccccc2S)cc1. The van der Waals surface area contributed by atoms with Gasteiger partial charge in [0.25, 0.3) is 0 Å². The number of carbonyl (C=O) groups is 2. The second-order valence-electron chi connectivity index (χ2n) is 4.04. The Hall–Kier alpha value is -2.47. The summed E-state index contributed by atoms with van der Waals surface area (Å²) in [6.45, 7) is 0. The number of hydrogen-bond donors (Lipinski definition) is 4. The summed E-state index contributed by atoms with van der Waals surface area (Å²) in [6.07, 6.45) is 0. The first-order chi connectivity index (χ1) is 9.56. The molecule has 3 amide bonds. The second kappa shape index (κ2) is 6.12. The van der Waals surface area contributed by atoms with E-state index >= 15 is 0 Å². The monoisotopic (exact) mass is 287 g/mol. The molecule has 4 N–H and O–H groups in total. The summed E-state index contributed by atoms with van der Waals surface area (Å²) in [4.78, 5) is 23.4. The van der Waals surface area contributed by atoms with Gasteiger partial charge in [-0.25, -0.2) is 4.79 Å². The molecule has 0 heterocycles. The van der Waals surface area contributed by atoms with E-state index in [4.69, 9.17) is 5.73 Å². The van der Waals surface area contributed by atoms with Crippen molar-refractivity contribution in [3.05, 3.63) is 54.1 Å². The van der Waals surface area contributed by atoms with Gasteiger partial charge in [0.2, 0.25) is 5.91 Å². The maximum atomic E-state index is 11.8. The highest BCUT2D eigenvalue weighted by Crippen LogP contribution is 2.19. The van der Waals surface area contributed by atoms with E-state index in [1.165, 1.54) is 0 Å². The van der Waals surface area contributed by atoms with Gasteiger partial charge >= 0.3 is 6.03 Å². The Morgan fingerprint density at radius 2 is 1.60 bits per heavy atom. The first-order valence-electron chi connectivity index (χ1n) is 5.82. The lowest BCUT2D eigenvalue weighted by molar-refractivity contribution is 0.100. The number of urea groups is 1. The molecule has 0 aliphatic rings. The molecule has 102 valence electrons. The summed E-state index contributed by atoms with van der Waals surface area (Å²) >= 11 is 4.24. The molecule has 0 saturated carbocycles. The van der Waals surface area contributed by atoms with Gasteiger partial charge in [-0.3, -0.25) is 4.79 Å². The van der Waals surface area contributed by atoms with Crippen molar-refractivity contribution in [3.8, 4) is 0 Å². The van der Waals surface area contributed by atoms with Gasteiger partial charge < -0.3 is 16.4 Å². The van der Waals surface area contributed by atoms with Crippen molar-refractivity contribution in [2.24, 2.45) is 5.73 Å². The van der Waals surface area contributed by atoms with Crippen LogP contribution in [-0.2, 0) is 0 Å². The third-order valence-electron chi connectivity index (χ3n) is 2.58. The summed E-state index contributed by atoms with van der Waals surface area (Å²) in [6, 6.07) is 13.1. The minimum absolute atomic E-state index is 0.386. The van der Waals surface area contributed by atoms with E-state index in [-0.39, 0.29) is 0 Å². The number of thiol groups is 1. The van der Waals surface area contributed by atoms with Gasteiger partial charge in [0, 0.05) is 16.1 Å². The minimum atomic E-state index is -0.509. The molecule has 0 atom stereocenters. The molecule has 0 aliphatic carbocycles. The number of para-hydroxylation sites is 1. The molecular weight excluding hydrogens is 274 g/mol. The molecule has 0 aliphatic heterocycles. The van der Waals surface area contributed by atoms with Crippen LogP contribution in [0.4, 0.5) is 16.2 Å². The van der Waals surface area contributed by atoms with Crippen LogP contribution in [0.25, 0.3) is 0 Å². The van der Waals surface area contributed by atoms with Crippen LogP contribution in [0, 0.1) is 0 Å². The zero-order chi connectivity index (χ0) is 14.5. The van der Waals surface area contributed by atoms with Gasteiger partial charge in [0.1, 0.15) is 0 Å². The summed E-state index contributed by atoms with van der Waals surface area (Å²) < 4.78 is 0. The van der Waals surface area contributed by atoms with Crippen LogP contribution >= 0.6 is 12.6 Å². The summed E-state index contributed by atoms with van der Waals surface area (Å²) in [5.41, 5.74) is 6.70. The van der Waals surface area contributed by atoms with E-state index < -0.39 is 11.9 Å². The normalized spacial score (nSPS) is 9.85. The molecule has 0 aromatic heterocycles. The number of rotatable bonds is 3. The Labute approximate surface area is 121 Å². The lowest BCUT2D eigenvalue weighted by Crippen LogP contribution is -2.19. The summed E-state index contributed by atoms with van der Waals surface area (Å²) in [5, 5.41) is 5.33. The van der Waals surface area contributed by atoms with Crippen LogP contribution in [0.5, 0.6) is 0 Å². The quantitative estimate of drug-likeness (QED) is 0.654. The van der Waals surface area contributed by atoms with Crippen LogP contribution in [0.15, 0.2) is 53.4 Å².